The smallest absolute Gasteiger partial charge is 0.243 e. The highest BCUT2D eigenvalue weighted by molar-refractivity contribution is 14.0. The molecule has 2 N–H and O–H groups in total. The van der Waals surface area contributed by atoms with Crippen LogP contribution in [0.4, 0.5) is 0 Å². The molecule has 0 heterocycles. The lowest BCUT2D eigenvalue weighted by Crippen LogP contribution is -2.46. The number of amides is 1. The molecule has 1 unspecified atom stereocenters. The SMILES string of the molecule is COc1ccc(CC(C)CNC(=NCC(=O)N(C)C)NC2CCCCC2)cc1.I. The monoisotopic (exact) mass is 516 g/mol. The first-order valence-electron chi connectivity index (χ1n) is 10.4. The van der Waals surface area contributed by atoms with E-state index in [4.69, 9.17) is 4.74 Å². The molecule has 0 radical (unpaired) electrons. The van der Waals surface area contributed by atoms with E-state index in [9.17, 15) is 4.79 Å². The van der Waals surface area contributed by atoms with Crippen molar-refractivity contribution < 1.29 is 9.53 Å². The summed E-state index contributed by atoms with van der Waals surface area (Å²) in [7, 11) is 5.20. The molecule has 1 aliphatic rings. The summed E-state index contributed by atoms with van der Waals surface area (Å²) in [5.74, 6) is 2.09. The first kappa shape index (κ1) is 25.5. The van der Waals surface area contributed by atoms with Gasteiger partial charge in [-0.1, -0.05) is 38.3 Å². The Balaban J connectivity index is 0.00000420. The van der Waals surface area contributed by atoms with Crippen LogP contribution in [-0.4, -0.2) is 57.1 Å². The van der Waals surface area contributed by atoms with Crippen LogP contribution in [0.2, 0.25) is 0 Å². The minimum Gasteiger partial charge on any atom is -0.497 e. The van der Waals surface area contributed by atoms with Gasteiger partial charge in [0.05, 0.1) is 7.11 Å². The molecule has 6 nitrogen and oxygen atoms in total. The lowest BCUT2D eigenvalue weighted by atomic mass is 9.96. The van der Waals surface area contributed by atoms with Crippen molar-refractivity contribution in [1.29, 1.82) is 0 Å². The van der Waals surface area contributed by atoms with Crippen LogP contribution < -0.4 is 15.4 Å². The molecule has 0 aliphatic heterocycles. The van der Waals surface area contributed by atoms with Gasteiger partial charge in [-0.25, -0.2) is 4.99 Å². The Kier molecular flexibility index (Phi) is 12.0. The number of benzene rings is 1. The average molecular weight is 516 g/mol. The average Bonchev–Trinajstić information content (AvgIpc) is 2.71. The van der Waals surface area contributed by atoms with Crippen LogP contribution in [0.5, 0.6) is 5.75 Å². The van der Waals surface area contributed by atoms with E-state index in [1.165, 1.54) is 37.7 Å². The second-order valence-corrected chi connectivity index (χ2v) is 7.97. The van der Waals surface area contributed by atoms with Gasteiger partial charge < -0.3 is 20.3 Å². The fourth-order valence-electron chi connectivity index (χ4n) is 3.39. The van der Waals surface area contributed by atoms with Crippen LogP contribution >= 0.6 is 24.0 Å². The Labute approximate surface area is 192 Å². The first-order valence-corrected chi connectivity index (χ1v) is 10.4. The topological polar surface area (TPSA) is 66.0 Å². The van der Waals surface area contributed by atoms with E-state index in [0.29, 0.717) is 12.0 Å². The highest BCUT2D eigenvalue weighted by Crippen LogP contribution is 2.17. The van der Waals surface area contributed by atoms with E-state index in [-0.39, 0.29) is 36.4 Å². The van der Waals surface area contributed by atoms with Crippen LogP contribution in [0.15, 0.2) is 29.3 Å². The van der Waals surface area contributed by atoms with Gasteiger partial charge in [-0.3, -0.25) is 4.79 Å². The molecular formula is C22H37IN4O2. The molecule has 0 bridgehead atoms. The number of halogens is 1. The zero-order chi connectivity index (χ0) is 20.4. The maximum absolute atomic E-state index is 11.9. The van der Waals surface area contributed by atoms with Crippen LogP contribution in [0.3, 0.4) is 0 Å². The number of carbonyl (C=O) groups is 1. The number of ether oxygens (including phenoxy) is 1. The van der Waals surface area contributed by atoms with Gasteiger partial charge in [-0.2, -0.15) is 0 Å². The van der Waals surface area contributed by atoms with Gasteiger partial charge in [-0.15, -0.1) is 24.0 Å². The quantitative estimate of drug-likeness (QED) is 0.316. The Morgan fingerprint density at radius 1 is 1.21 bits per heavy atom. The summed E-state index contributed by atoms with van der Waals surface area (Å²) in [6.45, 7) is 3.20. The van der Waals surface area contributed by atoms with E-state index in [0.717, 1.165) is 24.7 Å². The third kappa shape index (κ3) is 9.69. The molecule has 164 valence electrons. The number of nitrogens with one attached hydrogen (secondary N) is 2. The number of hydrogen-bond acceptors (Lipinski definition) is 3. The molecular weight excluding hydrogens is 479 g/mol. The van der Waals surface area contributed by atoms with Gasteiger partial charge in [0.1, 0.15) is 12.3 Å². The molecule has 7 heteroatoms. The molecule has 1 saturated carbocycles. The van der Waals surface area contributed by atoms with Crippen molar-refractivity contribution in [2.24, 2.45) is 10.9 Å². The lowest BCUT2D eigenvalue weighted by Gasteiger charge is -2.26. The third-order valence-electron chi connectivity index (χ3n) is 5.18. The van der Waals surface area contributed by atoms with E-state index >= 15 is 0 Å². The molecule has 1 fully saturated rings. The van der Waals surface area contributed by atoms with Crippen molar-refractivity contribution in [3.63, 3.8) is 0 Å². The van der Waals surface area contributed by atoms with Crippen LogP contribution in [0.1, 0.15) is 44.6 Å². The zero-order valence-corrected chi connectivity index (χ0v) is 20.6. The number of hydrogen-bond donors (Lipinski definition) is 2. The van der Waals surface area contributed by atoms with Gasteiger partial charge in [0, 0.05) is 26.7 Å². The standard InChI is InChI=1S/C22H36N4O2.HI/c1-17(14-18-10-12-20(28-4)13-11-18)15-23-22(24-16-21(27)26(2)3)25-19-8-6-5-7-9-19;/h10-13,17,19H,5-9,14-16H2,1-4H3,(H2,23,24,25);1H. The molecule has 0 saturated heterocycles. The van der Waals surface area contributed by atoms with E-state index in [2.05, 4.69) is 34.7 Å². The largest absolute Gasteiger partial charge is 0.497 e. The molecule has 1 aromatic rings. The summed E-state index contributed by atoms with van der Waals surface area (Å²) < 4.78 is 5.22. The second kappa shape index (κ2) is 13.7. The van der Waals surface area contributed by atoms with Crippen molar-refractivity contribution in [3.05, 3.63) is 29.8 Å². The van der Waals surface area contributed by atoms with Gasteiger partial charge in [-0.05, 0) is 42.9 Å². The zero-order valence-electron chi connectivity index (χ0n) is 18.2. The summed E-state index contributed by atoms with van der Waals surface area (Å²) in [5.41, 5.74) is 1.29. The molecule has 0 spiro atoms. The minimum atomic E-state index is 0. The predicted octanol–water partition coefficient (Wildman–Crippen LogP) is 3.45. The van der Waals surface area contributed by atoms with Crippen molar-refractivity contribution >= 4 is 35.8 Å². The maximum Gasteiger partial charge on any atom is 0.243 e. The molecule has 0 aromatic heterocycles. The minimum absolute atomic E-state index is 0. The molecule has 1 aliphatic carbocycles. The molecule has 1 aromatic carbocycles. The third-order valence-corrected chi connectivity index (χ3v) is 5.18. The number of aliphatic imine (C=N–C) groups is 1. The Morgan fingerprint density at radius 3 is 2.45 bits per heavy atom. The Morgan fingerprint density at radius 2 is 1.86 bits per heavy atom. The van der Waals surface area contributed by atoms with Gasteiger partial charge >= 0.3 is 0 Å². The predicted molar refractivity (Wildman–Crippen MR) is 130 cm³/mol. The number of likely N-dealkylation sites (N-methyl/N-ethyl adjacent to an activating group) is 1. The molecule has 1 atom stereocenters. The van der Waals surface area contributed by atoms with Crippen LogP contribution in [0, 0.1) is 5.92 Å². The highest BCUT2D eigenvalue weighted by Gasteiger charge is 2.16. The van der Waals surface area contributed by atoms with Crippen molar-refractivity contribution in [2.45, 2.75) is 51.5 Å². The Hall–Kier alpha value is -1.51. The molecule has 29 heavy (non-hydrogen) atoms. The number of guanidine groups is 1. The Bertz CT molecular complexity index is 628. The fraction of sp³-hybridized carbons (Fsp3) is 0.636. The number of carbonyl (C=O) groups excluding carboxylic acids is 1. The van der Waals surface area contributed by atoms with E-state index in [1.54, 1.807) is 26.1 Å². The maximum atomic E-state index is 11.9. The van der Waals surface area contributed by atoms with Crippen molar-refractivity contribution in [1.82, 2.24) is 15.5 Å². The second-order valence-electron chi connectivity index (χ2n) is 7.97. The van der Waals surface area contributed by atoms with Gasteiger partial charge in [0.25, 0.3) is 0 Å². The van der Waals surface area contributed by atoms with Crippen molar-refractivity contribution in [2.75, 3.05) is 34.3 Å². The fourth-order valence-corrected chi connectivity index (χ4v) is 3.39. The normalized spacial score (nSPS) is 15.8. The van der Waals surface area contributed by atoms with Crippen LogP contribution in [-0.2, 0) is 11.2 Å². The van der Waals surface area contributed by atoms with Gasteiger partial charge in [0.15, 0.2) is 5.96 Å². The van der Waals surface area contributed by atoms with Crippen molar-refractivity contribution in [3.8, 4) is 5.75 Å². The summed E-state index contributed by atoms with van der Waals surface area (Å²) in [6, 6.07) is 8.67. The highest BCUT2D eigenvalue weighted by atomic mass is 127. The lowest BCUT2D eigenvalue weighted by molar-refractivity contribution is -0.127. The summed E-state index contributed by atoms with van der Waals surface area (Å²) in [4.78, 5) is 18.0. The van der Waals surface area contributed by atoms with Gasteiger partial charge in [0.2, 0.25) is 5.91 Å². The van der Waals surface area contributed by atoms with Crippen LogP contribution in [0.25, 0.3) is 0 Å². The number of rotatable bonds is 8. The first-order chi connectivity index (χ1) is 13.5. The summed E-state index contributed by atoms with van der Waals surface area (Å²) >= 11 is 0. The van der Waals surface area contributed by atoms with E-state index in [1.807, 2.05) is 12.1 Å². The molecule has 2 rings (SSSR count). The van der Waals surface area contributed by atoms with E-state index < -0.39 is 0 Å². The number of nitrogens with zero attached hydrogens (tertiary/aromatic N) is 2. The summed E-state index contributed by atoms with van der Waals surface area (Å²) in [6.07, 6.45) is 7.15. The molecule has 1 amide bonds. The summed E-state index contributed by atoms with van der Waals surface area (Å²) in [5, 5.41) is 6.98. The number of methoxy groups -OCH3 is 1.